The van der Waals surface area contributed by atoms with Gasteiger partial charge in [0.2, 0.25) is 5.91 Å². The largest absolute Gasteiger partial charge is 0.487 e. The molecule has 2 aliphatic rings. The molecular formula is C19H29IN4O2. The monoisotopic (exact) mass is 472 g/mol. The lowest BCUT2D eigenvalue weighted by molar-refractivity contribution is -0.122. The minimum Gasteiger partial charge on any atom is -0.487 e. The lowest BCUT2D eigenvalue weighted by atomic mass is 9.90. The summed E-state index contributed by atoms with van der Waals surface area (Å²) in [6.45, 7) is 5.45. The number of nitrogens with zero attached hydrogens (tertiary/aromatic N) is 1. The van der Waals surface area contributed by atoms with Crippen molar-refractivity contribution < 1.29 is 9.53 Å². The molecule has 0 spiro atoms. The molecule has 0 saturated heterocycles. The van der Waals surface area contributed by atoms with E-state index in [0.29, 0.717) is 13.1 Å². The molecule has 1 fully saturated rings. The third kappa shape index (κ3) is 5.49. The third-order valence-corrected chi connectivity index (χ3v) is 4.58. The highest BCUT2D eigenvalue weighted by Gasteiger charge is 2.34. The number of para-hydroxylation sites is 1. The van der Waals surface area contributed by atoms with Gasteiger partial charge in [-0.05, 0) is 32.8 Å². The number of benzene rings is 1. The van der Waals surface area contributed by atoms with Crippen LogP contribution in [0.25, 0.3) is 0 Å². The fourth-order valence-electron chi connectivity index (χ4n) is 3.15. The molecule has 3 rings (SSSR count). The fourth-order valence-corrected chi connectivity index (χ4v) is 3.15. The average molecular weight is 472 g/mol. The van der Waals surface area contributed by atoms with Gasteiger partial charge in [-0.2, -0.15) is 0 Å². The Morgan fingerprint density at radius 2 is 1.92 bits per heavy atom. The van der Waals surface area contributed by atoms with Crippen LogP contribution in [0.5, 0.6) is 5.75 Å². The van der Waals surface area contributed by atoms with E-state index in [1.807, 2.05) is 18.2 Å². The number of fused-ring (bicyclic) bond motifs is 1. The number of amides is 1. The maximum absolute atomic E-state index is 11.6. The zero-order valence-electron chi connectivity index (χ0n) is 15.7. The predicted octanol–water partition coefficient (Wildman–Crippen LogP) is 2.60. The highest BCUT2D eigenvalue weighted by atomic mass is 127. The van der Waals surface area contributed by atoms with Crippen LogP contribution in [0, 0.1) is 5.92 Å². The SMILES string of the molecule is CN=C(NCCNC(=O)C1CC1)NC1CC(C)(C)Oc2ccccc21.I. The summed E-state index contributed by atoms with van der Waals surface area (Å²) in [6, 6.07) is 8.25. The minimum atomic E-state index is -0.233. The van der Waals surface area contributed by atoms with E-state index in [4.69, 9.17) is 4.74 Å². The molecule has 0 bridgehead atoms. The molecule has 1 aliphatic carbocycles. The summed E-state index contributed by atoms with van der Waals surface area (Å²) in [4.78, 5) is 16.0. The highest BCUT2D eigenvalue weighted by Crippen LogP contribution is 2.39. The van der Waals surface area contributed by atoms with Gasteiger partial charge in [-0.1, -0.05) is 18.2 Å². The summed E-state index contributed by atoms with van der Waals surface area (Å²) in [5, 5.41) is 9.71. The van der Waals surface area contributed by atoms with Crippen molar-refractivity contribution in [3.63, 3.8) is 0 Å². The number of hydrogen-bond donors (Lipinski definition) is 3. The third-order valence-electron chi connectivity index (χ3n) is 4.58. The molecule has 144 valence electrons. The summed E-state index contributed by atoms with van der Waals surface area (Å²) in [7, 11) is 1.76. The molecule has 1 atom stereocenters. The second kappa shape index (κ2) is 8.92. The van der Waals surface area contributed by atoms with Crippen LogP contribution >= 0.6 is 24.0 Å². The molecule has 6 nitrogen and oxygen atoms in total. The van der Waals surface area contributed by atoms with E-state index < -0.39 is 0 Å². The molecule has 1 aliphatic heterocycles. The van der Waals surface area contributed by atoms with Crippen molar-refractivity contribution in [2.24, 2.45) is 10.9 Å². The molecule has 1 aromatic carbocycles. The van der Waals surface area contributed by atoms with Gasteiger partial charge in [0.25, 0.3) is 0 Å². The Kier molecular flexibility index (Phi) is 7.14. The van der Waals surface area contributed by atoms with Crippen molar-refractivity contribution in [1.29, 1.82) is 0 Å². The van der Waals surface area contributed by atoms with Crippen molar-refractivity contribution in [2.75, 3.05) is 20.1 Å². The molecule has 7 heteroatoms. The molecule has 1 saturated carbocycles. The standard InChI is InChI=1S/C19H28N4O2.HI/c1-19(2)12-15(14-6-4-5-7-16(14)25-19)23-18(20-3)22-11-10-21-17(24)13-8-9-13;/h4-7,13,15H,8-12H2,1-3H3,(H,21,24)(H2,20,22,23);1H. The number of hydrogen-bond acceptors (Lipinski definition) is 3. The smallest absolute Gasteiger partial charge is 0.223 e. The molecular weight excluding hydrogens is 443 g/mol. The number of carbonyl (C=O) groups is 1. The van der Waals surface area contributed by atoms with Gasteiger partial charge < -0.3 is 20.7 Å². The van der Waals surface area contributed by atoms with E-state index in [1.54, 1.807) is 7.05 Å². The van der Waals surface area contributed by atoms with Crippen LogP contribution in [0.3, 0.4) is 0 Å². The summed E-state index contributed by atoms with van der Waals surface area (Å²) < 4.78 is 6.07. The van der Waals surface area contributed by atoms with Crippen molar-refractivity contribution in [1.82, 2.24) is 16.0 Å². The van der Waals surface area contributed by atoms with Crippen molar-refractivity contribution in [3.8, 4) is 5.75 Å². The molecule has 1 unspecified atom stereocenters. The second-order valence-electron chi connectivity index (χ2n) is 7.36. The van der Waals surface area contributed by atoms with Crippen molar-refractivity contribution in [2.45, 2.75) is 44.8 Å². The Morgan fingerprint density at radius 3 is 2.62 bits per heavy atom. The molecule has 1 heterocycles. The number of carbonyl (C=O) groups excluding carboxylic acids is 1. The summed E-state index contributed by atoms with van der Waals surface area (Å²) in [5.41, 5.74) is 0.912. The van der Waals surface area contributed by atoms with E-state index in [0.717, 1.165) is 36.5 Å². The number of aliphatic imine (C=N–C) groups is 1. The number of ether oxygens (including phenoxy) is 1. The van der Waals surface area contributed by atoms with Gasteiger partial charge >= 0.3 is 0 Å². The quantitative estimate of drug-likeness (QED) is 0.267. The van der Waals surface area contributed by atoms with Gasteiger partial charge in [-0.3, -0.25) is 9.79 Å². The zero-order chi connectivity index (χ0) is 17.9. The maximum atomic E-state index is 11.6. The normalized spacial score (nSPS) is 20.9. The lowest BCUT2D eigenvalue weighted by Gasteiger charge is -2.38. The average Bonchev–Trinajstić information content (AvgIpc) is 3.41. The van der Waals surface area contributed by atoms with Crippen molar-refractivity contribution >= 4 is 35.8 Å². The van der Waals surface area contributed by atoms with Gasteiger partial charge in [0.15, 0.2) is 5.96 Å². The van der Waals surface area contributed by atoms with Gasteiger partial charge in [0.05, 0.1) is 6.04 Å². The molecule has 26 heavy (non-hydrogen) atoms. The predicted molar refractivity (Wildman–Crippen MR) is 114 cm³/mol. The number of rotatable bonds is 5. The van der Waals surface area contributed by atoms with E-state index in [-0.39, 0.29) is 47.4 Å². The van der Waals surface area contributed by atoms with E-state index >= 15 is 0 Å². The van der Waals surface area contributed by atoms with Gasteiger partial charge in [0, 0.05) is 38.0 Å². The second-order valence-corrected chi connectivity index (χ2v) is 7.36. The fraction of sp³-hybridized carbons (Fsp3) is 0.579. The van der Waals surface area contributed by atoms with Gasteiger partial charge in [-0.15, -0.1) is 24.0 Å². The topological polar surface area (TPSA) is 74.8 Å². The van der Waals surface area contributed by atoms with E-state index in [2.05, 4.69) is 40.9 Å². The number of guanidine groups is 1. The first-order chi connectivity index (χ1) is 12.0. The van der Waals surface area contributed by atoms with Crippen LogP contribution in [0.4, 0.5) is 0 Å². The van der Waals surface area contributed by atoms with Gasteiger partial charge in [0.1, 0.15) is 11.4 Å². The Bertz CT molecular complexity index is 659. The van der Waals surface area contributed by atoms with E-state index in [9.17, 15) is 4.79 Å². The molecule has 3 N–H and O–H groups in total. The van der Waals surface area contributed by atoms with Crippen LogP contribution in [0.1, 0.15) is 44.7 Å². The Balaban J connectivity index is 0.00000243. The Hall–Kier alpha value is -1.51. The van der Waals surface area contributed by atoms with Crippen LogP contribution in [0.2, 0.25) is 0 Å². The molecule has 0 aromatic heterocycles. The van der Waals surface area contributed by atoms with Gasteiger partial charge in [-0.25, -0.2) is 0 Å². The zero-order valence-corrected chi connectivity index (χ0v) is 18.0. The molecule has 1 amide bonds. The van der Waals surface area contributed by atoms with Crippen LogP contribution < -0.4 is 20.7 Å². The van der Waals surface area contributed by atoms with E-state index in [1.165, 1.54) is 0 Å². The maximum Gasteiger partial charge on any atom is 0.223 e. The first-order valence-electron chi connectivity index (χ1n) is 9.01. The van der Waals surface area contributed by atoms with Crippen LogP contribution in [-0.4, -0.2) is 37.6 Å². The summed E-state index contributed by atoms with van der Waals surface area (Å²) in [6.07, 6.45) is 2.91. The first-order valence-corrected chi connectivity index (χ1v) is 9.01. The van der Waals surface area contributed by atoms with Crippen molar-refractivity contribution in [3.05, 3.63) is 29.8 Å². The summed E-state index contributed by atoms with van der Waals surface area (Å²) in [5.74, 6) is 2.07. The number of halogens is 1. The van der Waals surface area contributed by atoms with Crippen LogP contribution in [-0.2, 0) is 4.79 Å². The highest BCUT2D eigenvalue weighted by molar-refractivity contribution is 14.0. The first kappa shape index (κ1) is 20.8. The molecule has 0 radical (unpaired) electrons. The Labute approximate surface area is 172 Å². The Morgan fingerprint density at radius 1 is 1.23 bits per heavy atom. The number of nitrogens with one attached hydrogen (secondary N) is 3. The minimum absolute atomic E-state index is 0. The molecule has 1 aromatic rings. The lowest BCUT2D eigenvalue weighted by Crippen LogP contribution is -2.46. The van der Waals surface area contributed by atoms with Crippen LogP contribution in [0.15, 0.2) is 29.3 Å². The summed E-state index contributed by atoms with van der Waals surface area (Å²) >= 11 is 0.